The van der Waals surface area contributed by atoms with E-state index in [9.17, 15) is 14.4 Å². The van der Waals surface area contributed by atoms with Crippen molar-refractivity contribution < 1.29 is 23.9 Å². The summed E-state index contributed by atoms with van der Waals surface area (Å²) in [6.07, 6.45) is 4.67. The van der Waals surface area contributed by atoms with Crippen LogP contribution >= 0.6 is 0 Å². The fourth-order valence-electron chi connectivity index (χ4n) is 2.36. The van der Waals surface area contributed by atoms with Crippen LogP contribution in [0, 0.1) is 0 Å². The molecule has 1 atom stereocenters. The van der Waals surface area contributed by atoms with Crippen LogP contribution in [0.2, 0.25) is 0 Å². The highest BCUT2D eigenvalue weighted by Crippen LogP contribution is 2.02. The number of hydrogen-bond acceptors (Lipinski definition) is 9. The molecule has 0 aromatic heterocycles. The topological polar surface area (TPSA) is 215 Å². The molecule has 0 saturated carbocycles. The molecule has 0 aliphatic heterocycles. The number of nitrogens with zero attached hydrogens (tertiary/aromatic N) is 1. The van der Waals surface area contributed by atoms with E-state index in [0.29, 0.717) is 32.5 Å². The molecular formula is C20H45N7O5. The first-order valence-electron chi connectivity index (χ1n) is 11.3. The molecular weight excluding hydrogens is 418 g/mol. The Bertz CT molecular complexity index is 481. The second-order valence-electron chi connectivity index (χ2n) is 7.20. The number of rotatable bonds is 17. The zero-order valence-electron chi connectivity index (χ0n) is 19.6. The van der Waals surface area contributed by atoms with Crippen molar-refractivity contribution in [3.8, 4) is 0 Å². The Morgan fingerprint density at radius 1 is 0.938 bits per heavy atom. The Kier molecular flexibility index (Phi) is 23.5. The van der Waals surface area contributed by atoms with E-state index in [0.717, 1.165) is 25.8 Å². The lowest BCUT2D eigenvalue weighted by atomic mass is 10.1. The van der Waals surface area contributed by atoms with Gasteiger partial charge in [-0.15, -0.1) is 0 Å². The van der Waals surface area contributed by atoms with Crippen LogP contribution in [0.5, 0.6) is 0 Å². The molecule has 0 radical (unpaired) electrons. The highest BCUT2D eigenvalue weighted by Gasteiger charge is 2.19. The monoisotopic (exact) mass is 463 g/mol. The van der Waals surface area contributed by atoms with Gasteiger partial charge in [0.2, 0.25) is 5.91 Å². The maximum Gasteiger partial charge on any atom is 0.410 e. The number of carbonyl (C=O) groups excluding carboxylic acids is 3. The first-order chi connectivity index (χ1) is 15.3. The van der Waals surface area contributed by atoms with E-state index >= 15 is 0 Å². The number of amides is 3. The summed E-state index contributed by atoms with van der Waals surface area (Å²) in [6, 6.07) is -0.272. The van der Waals surface area contributed by atoms with Crippen molar-refractivity contribution in [1.82, 2.24) is 10.2 Å². The summed E-state index contributed by atoms with van der Waals surface area (Å²) in [5.74, 6) is -0.403. The number of nitrogens with one attached hydrogen (secondary N) is 1. The Labute approximate surface area is 191 Å². The van der Waals surface area contributed by atoms with Crippen molar-refractivity contribution in [2.45, 2.75) is 57.9 Å². The lowest BCUT2D eigenvalue weighted by Crippen LogP contribution is -2.43. The number of primary amides is 1. The summed E-state index contributed by atoms with van der Waals surface area (Å²) < 4.78 is 9.73. The van der Waals surface area contributed by atoms with E-state index in [4.69, 9.17) is 33.4 Å². The molecule has 12 heteroatoms. The van der Waals surface area contributed by atoms with Crippen LogP contribution in [0.1, 0.15) is 51.9 Å². The van der Waals surface area contributed by atoms with Gasteiger partial charge in [0.1, 0.15) is 19.8 Å². The van der Waals surface area contributed by atoms with Crippen LogP contribution in [-0.2, 0) is 14.3 Å². The predicted octanol–water partition coefficient (Wildman–Crippen LogP) is -0.423. The van der Waals surface area contributed by atoms with Crippen molar-refractivity contribution in [3.63, 3.8) is 0 Å². The molecule has 0 aromatic rings. The quantitative estimate of drug-likeness (QED) is 0.154. The number of carbonyl (C=O) groups is 3. The maximum absolute atomic E-state index is 12.3. The van der Waals surface area contributed by atoms with E-state index in [1.165, 1.54) is 17.7 Å². The highest BCUT2D eigenvalue weighted by atomic mass is 16.6. The minimum atomic E-state index is -0.918. The number of ether oxygens (including phenoxy) is 2. The van der Waals surface area contributed by atoms with Crippen molar-refractivity contribution in [3.05, 3.63) is 0 Å². The van der Waals surface area contributed by atoms with Crippen LogP contribution in [0.4, 0.5) is 9.59 Å². The Hall–Kier alpha value is -2.15. The lowest BCUT2D eigenvalue weighted by Gasteiger charge is -2.22. The minimum Gasteiger partial charge on any atom is -0.448 e. The summed E-state index contributed by atoms with van der Waals surface area (Å²) in [4.78, 5) is 36.0. The third kappa shape index (κ3) is 22.5. The zero-order chi connectivity index (χ0) is 24.6. The average molecular weight is 464 g/mol. The molecule has 0 saturated heterocycles. The molecule has 1 unspecified atom stereocenters. The zero-order valence-corrected chi connectivity index (χ0v) is 19.6. The standard InChI is InChI=1S/C16H34N6O5.C4H11N/c17-6-2-1-5-13(19)12-27-16(25)22(9-4-3-7-18)11-14(23)21-8-10-26-15(20)24;1-2-3-4-5/h13H,1-12,17-19H2,(H2,20,24)(H,21,23);2-5H2,1H3. The van der Waals surface area contributed by atoms with Gasteiger partial charge < -0.3 is 43.5 Å². The average Bonchev–Trinajstić information content (AvgIpc) is 2.75. The Morgan fingerprint density at radius 3 is 2.09 bits per heavy atom. The molecule has 0 aromatic carbocycles. The number of unbranched alkanes of at least 4 members (excludes halogenated alkanes) is 3. The molecule has 0 spiro atoms. The van der Waals surface area contributed by atoms with Crippen LogP contribution in [-0.4, -0.2) is 81.5 Å². The van der Waals surface area contributed by atoms with Gasteiger partial charge in [-0.2, -0.15) is 0 Å². The fraction of sp³-hybridized carbons (Fsp3) is 0.850. The summed E-state index contributed by atoms with van der Waals surface area (Å²) in [5, 5.41) is 2.53. The number of nitrogens with two attached hydrogens (primary N) is 5. The van der Waals surface area contributed by atoms with E-state index in [1.807, 2.05) is 0 Å². The van der Waals surface area contributed by atoms with Crippen LogP contribution in [0.15, 0.2) is 0 Å². The predicted molar refractivity (Wildman–Crippen MR) is 125 cm³/mol. The largest absolute Gasteiger partial charge is 0.448 e. The van der Waals surface area contributed by atoms with Crippen molar-refractivity contribution >= 4 is 18.1 Å². The van der Waals surface area contributed by atoms with Gasteiger partial charge in [0, 0.05) is 12.6 Å². The molecule has 32 heavy (non-hydrogen) atoms. The van der Waals surface area contributed by atoms with Gasteiger partial charge in [-0.25, -0.2) is 9.59 Å². The normalized spacial score (nSPS) is 11.0. The summed E-state index contributed by atoms with van der Waals surface area (Å²) in [5.41, 5.74) is 26.8. The van der Waals surface area contributed by atoms with Crippen LogP contribution in [0.25, 0.3) is 0 Å². The Balaban J connectivity index is 0. The molecule has 0 aliphatic rings. The van der Waals surface area contributed by atoms with Crippen molar-refractivity contribution in [2.75, 3.05) is 52.5 Å². The second kappa shape index (κ2) is 23.5. The number of hydrogen-bond donors (Lipinski definition) is 6. The molecule has 0 heterocycles. The van der Waals surface area contributed by atoms with Gasteiger partial charge in [0.25, 0.3) is 0 Å². The fourth-order valence-corrected chi connectivity index (χ4v) is 2.36. The van der Waals surface area contributed by atoms with E-state index < -0.39 is 18.1 Å². The first-order valence-corrected chi connectivity index (χ1v) is 11.3. The van der Waals surface area contributed by atoms with E-state index in [1.54, 1.807) is 0 Å². The third-order valence-corrected chi connectivity index (χ3v) is 4.15. The van der Waals surface area contributed by atoms with Crippen LogP contribution < -0.4 is 34.0 Å². The Morgan fingerprint density at radius 2 is 1.56 bits per heavy atom. The third-order valence-electron chi connectivity index (χ3n) is 4.15. The first kappa shape index (κ1) is 32.0. The van der Waals surface area contributed by atoms with Gasteiger partial charge in [-0.05, 0) is 51.7 Å². The molecule has 11 N–H and O–H groups in total. The molecule has 190 valence electrons. The van der Waals surface area contributed by atoms with Crippen molar-refractivity contribution in [1.29, 1.82) is 0 Å². The lowest BCUT2D eigenvalue weighted by molar-refractivity contribution is -0.122. The summed E-state index contributed by atoms with van der Waals surface area (Å²) in [6.45, 7) is 4.35. The molecule has 0 rings (SSSR count). The van der Waals surface area contributed by atoms with Gasteiger partial charge >= 0.3 is 12.2 Å². The van der Waals surface area contributed by atoms with E-state index in [-0.39, 0.29) is 32.3 Å². The molecule has 3 amide bonds. The molecule has 0 bridgehead atoms. The second-order valence-corrected chi connectivity index (χ2v) is 7.20. The molecule has 0 aliphatic carbocycles. The van der Waals surface area contributed by atoms with Gasteiger partial charge in [-0.3, -0.25) is 9.69 Å². The SMILES string of the molecule is CCCCN.NCCCCC(N)COC(=O)N(CCCCN)CC(=O)NCCOC(N)=O. The van der Waals surface area contributed by atoms with Crippen molar-refractivity contribution in [2.24, 2.45) is 28.7 Å². The molecule has 12 nitrogen and oxygen atoms in total. The molecule has 0 fully saturated rings. The summed E-state index contributed by atoms with van der Waals surface area (Å²) >= 11 is 0. The maximum atomic E-state index is 12.3. The van der Waals surface area contributed by atoms with Gasteiger partial charge in [0.15, 0.2) is 0 Å². The minimum absolute atomic E-state index is 0.0453. The highest BCUT2D eigenvalue weighted by molar-refractivity contribution is 5.82. The van der Waals surface area contributed by atoms with Crippen LogP contribution in [0.3, 0.4) is 0 Å². The van der Waals surface area contributed by atoms with Gasteiger partial charge in [0.05, 0.1) is 6.54 Å². The smallest absolute Gasteiger partial charge is 0.410 e. The summed E-state index contributed by atoms with van der Waals surface area (Å²) in [7, 11) is 0. The van der Waals surface area contributed by atoms with E-state index in [2.05, 4.69) is 17.0 Å². The van der Waals surface area contributed by atoms with Gasteiger partial charge in [-0.1, -0.05) is 19.8 Å².